The van der Waals surface area contributed by atoms with Crippen LogP contribution in [0, 0.1) is 12.3 Å². The van der Waals surface area contributed by atoms with Crippen molar-refractivity contribution in [2.75, 3.05) is 0 Å². The van der Waals surface area contributed by atoms with Crippen molar-refractivity contribution in [1.82, 2.24) is 4.57 Å². The minimum absolute atomic E-state index is 0.0367. The van der Waals surface area contributed by atoms with E-state index in [-0.39, 0.29) is 17.8 Å². The topological polar surface area (TPSA) is 43.6 Å². The van der Waals surface area contributed by atoms with Gasteiger partial charge in [0.1, 0.15) is 0 Å². The predicted molar refractivity (Wildman–Crippen MR) is 115 cm³/mol. The molecule has 0 N–H and O–H groups in total. The van der Waals surface area contributed by atoms with Gasteiger partial charge in [-0.1, -0.05) is 67.5 Å². The van der Waals surface area contributed by atoms with Gasteiger partial charge in [-0.3, -0.25) is 0 Å². The SMILES string of the molecule is Cc1cc2c(n1-c1ccccc1)CC(C)(C)C/C2=N\OC(=O)Cc1ccccc1. The van der Waals surface area contributed by atoms with Crippen LogP contribution in [0.3, 0.4) is 0 Å². The van der Waals surface area contributed by atoms with E-state index in [1.165, 1.54) is 5.69 Å². The van der Waals surface area contributed by atoms with Crippen LogP contribution in [0.4, 0.5) is 0 Å². The maximum absolute atomic E-state index is 12.3. The first-order valence-corrected chi connectivity index (χ1v) is 10.0. The second-order valence-corrected chi connectivity index (χ2v) is 8.50. The third-order valence-electron chi connectivity index (χ3n) is 5.35. The van der Waals surface area contributed by atoms with E-state index in [0.29, 0.717) is 0 Å². The molecule has 4 heteroatoms. The van der Waals surface area contributed by atoms with Crippen LogP contribution in [0.15, 0.2) is 71.9 Å². The zero-order chi connectivity index (χ0) is 20.4. The van der Waals surface area contributed by atoms with Crippen molar-refractivity contribution in [3.05, 3.63) is 89.2 Å². The molecular formula is C25H26N2O2. The van der Waals surface area contributed by atoms with Gasteiger partial charge in [0.25, 0.3) is 0 Å². The van der Waals surface area contributed by atoms with Crippen molar-refractivity contribution in [2.45, 2.75) is 40.0 Å². The van der Waals surface area contributed by atoms with Crippen molar-refractivity contribution in [3.63, 3.8) is 0 Å². The summed E-state index contributed by atoms with van der Waals surface area (Å²) in [7, 11) is 0. The minimum atomic E-state index is -0.340. The number of para-hydroxylation sites is 1. The van der Waals surface area contributed by atoms with E-state index in [9.17, 15) is 4.79 Å². The standard InChI is InChI=1S/C25H26N2O2/c1-18-14-21-22(26-29-24(28)15-19-10-6-4-7-11-19)16-25(2,3)17-23(21)27(18)20-12-8-5-9-13-20/h4-14H,15-17H2,1-3H3/b26-22+. The third kappa shape index (κ3) is 4.16. The first-order valence-electron chi connectivity index (χ1n) is 10.0. The molecule has 1 aliphatic rings. The van der Waals surface area contributed by atoms with Gasteiger partial charge >= 0.3 is 5.97 Å². The van der Waals surface area contributed by atoms with Crippen LogP contribution in [-0.2, 0) is 22.5 Å². The fraction of sp³-hybridized carbons (Fsp3) is 0.280. The summed E-state index contributed by atoms with van der Waals surface area (Å²) < 4.78 is 2.29. The molecule has 148 valence electrons. The van der Waals surface area contributed by atoms with Gasteiger partial charge in [-0.05, 0) is 48.9 Å². The van der Waals surface area contributed by atoms with E-state index in [1.54, 1.807) is 0 Å². The van der Waals surface area contributed by atoms with Crippen molar-refractivity contribution in [2.24, 2.45) is 10.6 Å². The molecule has 0 fully saturated rings. The van der Waals surface area contributed by atoms with Gasteiger partial charge in [-0.15, -0.1) is 0 Å². The number of nitrogens with zero attached hydrogens (tertiary/aromatic N) is 2. The second kappa shape index (κ2) is 7.70. The molecule has 4 nitrogen and oxygen atoms in total. The average Bonchev–Trinajstić information content (AvgIpc) is 3.02. The van der Waals surface area contributed by atoms with Crippen molar-refractivity contribution < 1.29 is 9.63 Å². The van der Waals surface area contributed by atoms with Crippen LogP contribution in [0.5, 0.6) is 0 Å². The monoisotopic (exact) mass is 386 g/mol. The van der Waals surface area contributed by atoms with Crippen LogP contribution in [-0.4, -0.2) is 16.2 Å². The number of hydrogen-bond acceptors (Lipinski definition) is 3. The van der Waals surface area contributed by atoms with E-state index in [0.717, 1.165) is 41.1 Å². The number of aryl methyl sites for hydroxylation is 1. The van der Waals surface area contributed by atoms with Crippen molar-refractivity contribution >= 4 is 11.7 Å². The van der Waals surface area contributed by atoms with Gasteiger partial charge in [0, 0.05) is 22.6 Å². The highest BCUT2D eigenvalue weighted by Gasteiger charge is 2.33. The molecule has 0 amide bonds. The van der Waals surface area contributed by atoms with Crippen LogP contribution in [0.25, 0.3) is 5.69 Å². The number of benzene rings is 2. The van der Waals surface area contributed by atoms with E-state index < -0.39 is 0 Å². The average molecular weight is 386 g/mol. The minimum Gasteiger partial charge on any atom is -0.318 e. The van der Waals surface area contributed by atoms with Gasteiger partial charge in [0.2, 0.25) is 0 Å². The fourth-order valence-electron chi connectivity index (χ4n) is 4.10. The molecule has 3 aromatic rings. The molecule has 0 radical (unpaired) electrons. The first kappa shape index (κ1) is 19.2. The summed E-state index contributed by atoms with van der Waals surface area (Å²) in [6.45, 7) is 6.57. The van der Waals surface area contributed by atoms with Crippen LogP contribution >= 0.6 is 0 Å². The lowest BCUT2D eigenvalue weighted by Crippen LogP contribution is -2.28. The van der Waals surface area contributed by atoms with Crippen LogP contribution < -0.4 is 0 Å². The van der Waals surface area contributed by atoms with Gasteiger partial charge in [0.15, 0.2) is 0 Å². The van der Waals surface area contributed by atoms with Crippen molar-refractivity contribution in [1.29, 1.82) is 0 Å². The molecule has 0 unspecified atom stereocenters. The molecule has 1 heterocycles. The highest BCUT2D eigenvalue weighted by molar-refractivity contribution is 6.03. The summed E-state index contributed by atoms with van der Waals surface area (Å²) in [5.74, 6) is -0.340. The largest absolute Gasteiger partial charge is 0.339 e. The summed E-state index contributed by atoms with van der Waals surface area (Å²) in [4.78, 5) is 17.6. The number of hydrogen-bond donors (Lipinski definition) is 0. The van der Waals surface area contributed by atoms with Gasteiger partial charge in [-0.2, -0.15) is 0 Å². The van der Waals surface area contributed by atoms with Gasteiger partial charge in [0.05, 0.1) is 12.1 Å². The lowest BCUT2D eigenvalue weighted by atomic mass is 9.76. The van der Waals surface area contributed by atoms with Crippen LogP contribution in [0.2, 0.25) is 0 Å². The Morgan fingerprint density at radius 3 is 2.38 bits per heavy atom. The lowest BCUT2D eigenvalue weighted by molar-refractivity contribution is -0.142. The van der Waals surface area contributed by atoms with E-state index in [2.05, 4.69) is 60.8 Å². The number of aromatic nitrogens is 1. The lowest BCUT2D eigenvalue weighted by Gasteiger charge is -2.31. The predicted octanol–water partition coefficient (Wildman–Crippen LogP) is 5.25. The Hall–Kier alpha value is -3.14. The number of fused-ring (bicyclic) bond motifs is 1. The molecule has 0 saturated heterocycles. The highest BCUT2D eigenvalue weighted by atomic mass is 16.7. The quantitative estimate of drug-likeness (QED) is 0.454. The molecule has 0 aliphatic heterocycles. The number of carbonyl (C=O) groups excluding carboxylic acids is 1. The zero-order valence-corrected chi connectivity index (χ0v) is 17.2. The van der Waals surface area contributed by atoms with Crippen molar-refractivity contribution in [3.8, 4) is 5.69 Å². The number of oxime groups is 1. The maximum Gasteiger partial charge on any atom is 0.339 e. The molecule has 2 aromatic carbocycles. The Balaban J connectivity index is 1.64. The molecule has 0 bridgehead atoms. The third-order valence-corrected chi connectivity index (χ3v) is 5.35. The normalized spacial score (nSPS) is 16.4. The van der Waals surface area contributed by atoms with Gasteiger partial charge < -0.3 is 9.40 Å². The fourth-order valence-corrected chi connectivity index (χ4v) is 4.10. The summed E-state index contributed by atoms with van der Waals surface area (Å²) in [6.07, 6.45) is 1.94. The Morgan fingerprint density at radius 2 is 1.69 bits per heavy atom. The maximum atomic E-state index is 12.3. The Bertz CT molecular complexity index is 1050. The Morgan fingerprint density at radius 1 is 1.03 bits per heavy atom. The summed E-state index contributed by atoms with van der Waals surface area (Å²) in [6, 6.07) is 22.1. The molecule has 0 saturated carbocycles. The molecule has 0 atom stereocenters. The second-order valence-electron chi connectivity index (χ2n) is 8.50. The highest BCUT2D eigenvalue weighted by Crippen LogP contribution is 2.38. The zero-order valence-electron chi connectivity index (χ0n) is 17.2. The number of rotatable bonds is 4. The summed E-state index contributed by atoms with van der Waals surface area (Å²) in [5, 5.41) is 4.32. The van der Waals surface area contributed by atoms with Gasteiger partial charge in [-0.25, -0.2) is 4.79 Å². The smallest absolute Gasteiger partial charge is 0.318 e. The molecule has 1 aliphatic carbocycles. The van der Waals surface area contributed by atoms with E-state index in [1.807, 2.05) is 36.4 Å². The summed E-state index contributed by atoms with van der Waals surface area (Å²) in [5.41, 5.74) is 6.41. The first-order chi connectivity index (χ1) is 13.9. The molecule has 0 spiro atoms. The molecular weight excluding hydrogens is 360 g/mol. The van der Waals surface area contributed by atoms with E-state index >= 15 is 0 Å². The molecule has 1 aromatic heterocycles. The Kier molecular flexibility index (Phi) is 5.10. The van der Waals surface area contributed by atoms with Crippen LogP contribution in [0.1, 0.15) is 42.8 Å². The Labute approximate surface area is 171 Å². The molecule has 29 heavy (non-hydrogen) atoms. The number of carbonyl (C=O) groups is 1. The van der Waals surface area contributed by atoms with E-state index in [4.69, 9.17) is 4.84 Å². The summed E-state index contributed by atoms with van der Waals surface area (Å²) >= 11 is 0. The molecule has 4 rings (SSSR count).